The second kappa shape index (κ2) is 7.49. The van der Waals surface area contributed by atoms with Crippen molar-refractivity contribution in [2.75, 3.05) is 10.7 Å². The number of anilines is 2. The number of rotatable bonds is 7. The molecular formula is C14H23F3N4. The van der Waals surface area contributed by atoms with Crippen LogP contribution in [-0.4, -0.2) is 11.0 Å². The molecule has 0 amide bonds. The minimum Gasteiger partial charge on any atom is -0.368 e. The third-order valence-corrected chi connectivity index (χ3v) is 3.11. The van der Waals surface area contributed by atoms with Gasteiger partial charge in [0.15, 0.2) is 0 Å². The van der Waals surface area contributed by atoms with Gasteiger partial charge in [-0.15, -0.1) is 0 Å². The van der Waals surface area contributed by atoms with E-state index in [0.717, 1.165) is 31.4 Å². The summed E-state index contributed by atoms with van der Waals surface area (Å²) in [5.74, 6) is 5.95. The first-order valence-corrected chi connectivity index (χ1v) is 7.04. The zero-order chi connectivity index (χ0) is 16.0. The predicted octanol–water partition coefficient (Wildman–Crippen LogP) is 4.01. The summed E-state index contributed by atoms with van der Waals surface area (Å²) in [5, 5.41) is 3.00. The number of nitrogens with one attached hydrogen (secondary N) is 2. The van der Waals surface area contributed by atoms with Gasteiger partial charge in [0.2, 0.25) is 0 Å². The van der Waals surface area contributed by atoms with Crippen LogP contribution in [0.4, 0.5) is 24.8 Å². The van der Waals surface area contributed by atoms with Crippen molar-refractivity contribution < 1.29 is 13.2 Å². The van der Waals surface area contributed by atoms with E-state index in [4.69, 9.17) is 5.84 Å². The van der Waals surface area contributed by atoms with Gasteiger partial charge in [-0.05, 0) is 31.4 Å². The molecule has 1 aromatic heterocycles. The number of nitrogens with zero attached hydrogens (tertiary/aromatic N) is 1. The van der Waals surface area contributed by atoms with Gasteiger partial charge in [0.25, 0.3) is 0 Å². The van der Waals surface area contributed by atoms with Crippen molar-refractivity contribution in [1.82, 2.24) is 4.98 Å². The van der Waals surface area contributed by atoms with E-state index in [1.807, 2.05) is 6.92 Å². The number of nitrogens with two attached hydrogens (primary N) is 1. The summed E-state index contributed by atoms with van der Waals surface area (Å²) >= 11 is 0. The Morgan fingerprint density at radius 1 is 1.14 bits per heavy atom. The van der Waals surface area contributed by atoms with Crippen LogP contribution in [0.2, 0.25) is 0 Å². The molecule has 0 fully saturated rings. The number of hydrogen-bond donors (Lipinski definition) is 3. The van der Waals surface area contributed by atoms with E-state index in [0.29, 0.717) is 5.92 Å². The van der Waals surface area contributed by atoms with Crippen LogP contribution in [0.3, 0.4) is 0 Å². The summed E-state index contributed by atoms with van der Waals surface area (Å²) < 4.78 is 38.4. The van der Waals surface area contributed by atoms with Gasteiger partial charge < -0.3 is 10.7 Å². The molecule has 0 spiro atoms. The Morgan fingerprint density at radius 3 is 2.29 bits per heavy atom. The van der Waals surface area contributed by atoms with Crippen molar-refractivity contribution in [3.05, 3.63) is 17.7 Å². The van der Waals surface area contributed by atoms with Gasteiger partial charge in [-0.1, -0.05) is 26.7 Å². The largest absolute Gasteiger partial charge is 0.416 e. The quantitative estimate of drug-likeness (QED) is 0.526. The Labute approximate surface area is 123 Å². The molecule has 0 saturated heterocycles. The lowest BCUT2D eigenvalue weighted by molar-refractivity contribution is -0.137. The van der Waals surface area contributed by atoms with Crippen LogP contribution in [0.5, 0.6) is 0 Å². The highest BCUT2D eigenvalue weighted by Crippen LogP contribution is 2.32. The Balaban J connectivity index is 2.73. The van der Waals surface area contributed by atoms with E-state index in [2.05, 4.69) is 29.6 Å². The van der Waals surface area contributed by atoms with Crippen LogP contribution >= 0.6 is 0 Å². The molecule has 0 aliphatic carbocycles. The first kappa shape index (κ1) is 17.6. The van der Waals surface area contributed by atoms with Crippen molar-refractivity contribution >= 4 is 11.6 Å². The minimum atomic E-state index is -4.42. The SMILES string of the molecule is CC(C)CCCC(C)Nc1cc(C(F)(F)F)cc(NN)n1. The summed E-state index contributed by atoms with van der Waals surface area (Å²) in [5.41, 5.74) is 1.38. The van der Waals surface area contributed by atoms with Gasteiger partial charge in [-0.25, -0.2) is 10.8 Å². The van der Waals surface area contributed by atoms with Gasteiger partial charge in [0.05, 0.1) is 5.56 Å². The Bertz CT molecular complexity index is 446. The molecular weight excluding hydrogens is 281 g/mol. The highest BCUT2D eigenvalue weighted by Gasteiger charge is 2.31. The normalized spacial score (nSPS) is 13.3. The standard InChI is InChI=1S/C14H23F3N4/c1-9(2)5-4-6-10(3)19-12-7-11(14(15,16)17)8-13(20-12)21-18/h7-10H,4-6,18H2,1-3H3,(H2,19,20,21). The number of hydrazine groups is 1. The number of hydrogen-bond acceptors (Lipinski definition) is 4. The fourth-order valence-electron chi connectivity index (χ4n) is 2.00. The molecule has 0 radical (unpaired) electrons. The van der Waals surface area contributed by atoms with Crippen LogP contribution in [0.25, 0.3) is 0 Å². The third kappa shape index (κ3) is 6.20. The van der Waals surface area contributed by atoms with E-state index in [1.165, 1.54) is 0 Å². The van der Waals surface area contributed by atoms with Gasteiger partial charge in [0.1, 0.15) is 11.6 Å². The van der Waals surface area contributed by atoms with Crippen LogP contribution in [-0.2, 0) is 6.18 Å². The number of pyridine rings is 1. The predicted molar refractivity (Wildman–Crippen MR) is 78.8 cm³/mol. The maximum atomic E-state index is 12.8. The van der Waals surface area contributed by atoms with Gasteiger partial charge in [0, 0.05) is 6.04 Å². The number of halogens is 3. The summed E-state index contributed by atoms with van der Waals surface area (Å²) in [6, 6.07) is 1.93. The second-order valence-corrected chi connectivity index (χ2v) is 5.64. The number of nitrogen functional groups attached to an aromatic ring is 1. The van der Waals surface area contributed by atoms with Crippen LogP contribution in [0, 0.1) is 5.92 Å². The zero-order valence-electron chi connectivity index (χ0n) is 12.6. The summed E-state index contributed by atoms with van der Waals surface area (Å²) in [6.07, 6.45) is -1.43. The van der Waals surface area contributed by atoms with Crippen molar-refractivity contribution in [3.63, 3.8) is 0 Å². The molecule has 4 nitrogen and oxygen atoms in total. The molecule has 1 atom stereocenters. The van der Waals surface area contributed by atoms with Gasteiger partial charge in [-0.3, -0.25) is 0 Å². The third-order valence-electron chi connectivity index (χ3n) is 3.11. The molecule has 1 rings (SSSR count). The fourth-order valence-corrected chi connectivity index (χ4v) is 2.00. The van der Waals surface area contributed by atoms with Gasteiger partial charge in [-0.2, -0.15) is 13.2 Å². The van der Waals surface area contributed by atoms with Crippen molar-refractivity contribution in [2.45, 2.75) is 52.3 Å². The highest BCUT2D eigenvalue weighted by molar-refractivity contribution is 5.49. The highest BCUT2D eigenvalue weighted by atomic mass is 19.4. The number of alkyl halides is 3. The molecule has 21 heavy (non-hydrogen) atoms. The van der Waals surface area contributed by atoms with Crippen molar-refractivity contribution in [1.29, 1.82) is 0 Å². The molecule has 0 aliphatic rings. The smallest absolute Gasteiger partial charge is 0.368 e. The molecule has 4 N–H and O–H groups in total. The van der Waals surface area contributed by atoms with Crippen molar-refractivity contribution in [2.24, 2.45) is 11.8 Å². The zero-order valence-corrected chi connectivity index (χ0v) is 12.6. The minimum absolute atomic E-state index is 0.0123. The first-order valence-electron chi connectivity index (χ1n) is 7.04. The molecule has 120 valence electrons. The second-order valence-electron chi connectivity index (χ2n) is 5.64. The first-order chi connectivity index (χ1) is 9.72. The maximum absolute atomic E-state index is 12.8. The lowest BCUT2D eigenvalue weighted by atomic mass is 10.0. The molecule has 1 heterocycles. The average Bonchev–Trinajstić information content (AvgIpc) is 2.36. The summed E-state index contributed by atoms with van der Waals surface area (Å²) in [4.78, 5) is 4.00. The van der Waals surface area contributed by atoms with E-state index in [1.54, 1.807) is 0 Å². The monoisotopic (exact) mass is 304 g/mol. The van der Waals surface area contributed by atoms with Gasteiger partial charge >= 0.3 is 6.18 Å². The van der Waals surface area contributed by atoms with E-state index in [9.17, 15) is 13.2 Å². The fraction of sp³-hybridized carbons (Fsp3) is 0.643. The lowest BCUT2D eigenvalue weighted by Crippen LogP contribution is -2.19. The summed E-state index contributed by atoms with van der Waals surface area (Å²) in [7, 11) is 0. The Hall–Kier alpha value is -1.50. The van der Waals surface area contributed by atoms with Crippen LogP contribution in [0.15, 0.2) is 12.1 Å². The molecule has 7 heteroatoms. The van der Waals surface area contributed by atoms with Crippen molar-refractivity contribution in [3.8, 4) is 0 Å². The van der Waals surface area contributed by atoms with Crippen LogP contribution in [0.1, 0.15) is 45.6 Å². The summed E-state index contributed by atoms with van der Waals surface area (Å²) in [6.45, 7) is 6.22. The van der Waals surface area contributed by atoms with E-state index < -0.39 is 11.7 Å². The molecule has 1 aromatic rings. The molecule has 0 bridgehead atoms. The molecule has 0 aliphatic heterocycles. The lowest BCUT2D eigenvalue weighted by Gasteiger charge is -2.17. The maximum Gasteiger partial charge on any atom is 0.416 e. The average molecular weight is 304 g/mol. The van der Waals surface area contributed by atoms with E-state index >= 15 is 0 Å². The topological polar surface area (TPSA) is 63.0 Å². The molecule has 0 aromatic carbocycles. The Morgan fingerprint density at radius 2 is 1.76 bits per heavy atom. The Kier molecular flexibility index (Phi) is 6.26. The van der Waals surface area contributed by atoms with E-state index in [-0.39, 0.29) is 17.7 Å². The number of aromatic nitrogens is 1. The van der Waals surface area contributed by atoms with Crippen LogP contribution < -0.4 is 16.6 Å². The molecule has 0 saturated carbocycles. The molecule has 1 unspecified atom stereocenters.